The molecule has 3 aliphatic rings. The van der Waals surface area contributed by atoms with E-state index in [0.717, 1.165) is 51.2 Å². The van der Waals surface area contributed by atoms with Crippen LogP contribution in [-0.4, -0.2) is 33.4 Å². The van der Waals surface area contributed by atoms with Gasteiger partial charge in [0.25, 0.3) is 0 Å². The Morgan fingerprint density at radius 2 is 1.96 bits per heavy atom. The molecule has 0 radical (unpaired) electrons. The van der Waals surface area contributed by atoms with E-state index in [0.29, 0.717) is 11.8 Å². The van der Waals surface area contributed by atoms with E-state index in [1.54, 1.807) is 0 Å². The molecule has 5 rings (SSSR count). The summed E-state index contributed by atoms with van der Waals surface area (Å²) in [6.07, 6.45) is 11.0. The van der Waals surface area contributed by atoms with Crippen molar-refractivity contribution in [3.63, 3.8) is 0 Å². The van der Waals surface area contributed by atoms with Crippen molar-refractivity contribution >= 4 is 5.91 Å². The Kier molecular flexibility index (Phi) is 3.87. The van der Waals surface area contributed by atoms with Crippen molar-refractivity contribution in [1.29, 1.82) is 0 Å². The van der Waals surface area contributed by atoms with Crippen LogP contribution in [0.15, 0.2) is 42.7 Å². The van der Waals surface area contributed by atoms with Gasteiger partial charge < -0.3 is 9.47 Å². The normalized spacial score (nSPS) is 24.5. The maximum Gasteiger partial charge on any atom is 0.233 e. The van der Waals surface area contributed by atoms with Crippen LogP contribution in [0.1, 0.15) is 55.8 Å². The van der Waals surface area contributed by atoms with E-state index in [9.17, 15) is 4.79 Å². The summed E-state index contributed by atoms with van der Waals surface area (Å²) in [4.78, 5) is 20.2. The zero-order valence-corrected chi connectivity index (χ0v) is 15.3. The minimum absolute atomic E-state index is 0.243. The van der Waals surface area contributed by atoms with E-state index in [-0.39, 0.29) is 5.41 Å². The van der Waals surface area contributed by atoms with Crippen molar-refractivity contribution in [2.45, 2.75) is 56.4 Å². The topological polar surface area (TPSA) is 38.1 Å². The predicted octanol–water partition coefficient (Wildman–Crippen LogP) is 3.73. The molecule has 2 saturated carbocycles. The van der Waals surface area contributed by atoms with Crippen LogP contribution in [0.5, 0.6) is 0 Å². The van der Waals surface area contributed by atoms with Gasteiger partial charge in [-0.25, -0.2) is 4.98 Å². The fraction of sp³-hybridized carbons (Fsp3) is 0.545. The van der Waals surface area contributed by atoms with Gasteiger partial charge in [0.1, 0.15) is 5.82 Å². The minimum atomic E-state index is -0.243. The van der Waals surface area contributed by atoms with Crippen molar-refractivity contribution < 1.29 is 4.79 Å². The molecule has 0 N–H and O–H groups in total. The molecule has 0 unspecified atom stereocenters. The van der Waals surface area contributed by atoms with Crippen molar-refractivity contribution in [3.8, 4) is 0 Å². The summed E-state index contributed by atoms with van der Waals surface area (Å²) in [5.41, 5.74) is 0.953. The van der Waals surface area contributed by atoms with Crippen LogP contribution < -0.4 is 0 Å². The SMILES string of the molecule is O=C(N1CCC[C@H](c2nccn2CC2CC2)C1)C1(c2ccccc2)CC1. The zero-order chi connectivity index (χ0) is 17.6. The summed E-state index contributed by atoms with van der Waals surface area (Å²) in [5.74, 6) is 2.76. The molecule has 4 nitrogen and oxygen atoms in total. The summed E-state index contributed by atoms with van der Waals surface area (Å²) in [7, 11) is 0. The maximum absolute atomic E-state index is 13.4. The van der Waals surface area contributed by atoms with E-state index in [1.165, 1.54) is 24.2 Å². The fourth-order valence-electron chi connectivity index (χ4n) is 4.60. The molecule has 1 atom stereocenters. The number of carbonyl (C=O) groups excluding carboxylic acids is 1. The standard InChI is InChI=1S/C22H27N3O/c26-21(22(10-11-22)19-6-2-1-3-7-19)25-13-4-5-18(16-25)20-23-12-14-24(20)15-17-8-9-17/h1-3,6-7,12,14,17-18H,4-5,8-11,13,15-16H2/t18-/m0/s1. The Bertz CT molecular complexity index is 789. The summed E-state index contributed by atoms with van der Waals surface area (Å²) in [5, 5.41) is 0. The first-order valence-electron chi connectivity index (χ1n) is 10.1. The maximum atomic E-state index is 13.4. The zero-order valence-electron chi connectivity index (χ0n) is 15.3. The molecule has 1 amide bonds. The average molecular weight is 349 g/mol. The molecule has 1 saturated heterocycles. The molecule has 1 aliphatic heterocycles. The lowest BCUT2D eigenvalue weighted by atomic mass is 9.91. The highest BCUT2D eigenvalue weighted by atomic mass is 16.2. The first-order chi connectivity index (χ1) is 12.8. The number of imidazole rings is 1. The number of piperidine rings is 1. The number of aromatic nitrogens is 2. The van der Waals surface area contributed by atoms with Gasteiger partial charge in [-0.05, 0) is 50.0 Å². The van der Waals surface area contributed by atoms with Gasteiger partial charge in [-0.2, -0.15) is 0 Å². The fourth-order valence-corrected chi connectivity index (χ4v) is 4.60. The molecule has 4 heteroatoms. The second kappa shape index (κ2) is 6.26. The Morgan fingerprint density at radius 1 is 1.15 bits per heavy atom. The monoisotopic (exact) mass is 349 g/mol. The molecule has 0 bridgehead atoms. The van der Waals surface area contributed by atoms with Crippen LogP contribution in [0, 0.1) is 5.92 Å². The Hall–Kier alpha value is -2.10. The van der Waals surface area contributed by atoms with Crippen LogP contribution in [-0.2, 0) is 16.8 Å². The van der Waals surface area contributed by atoms with Gasteiger partial charge in [-0.3, -0.25) is 4.79 Å². The third-order valence-electron chi connectivity index (χ3n) is 6.46. The number of carbonyl (C=O) groups is 1. The van der Waals surface area contributed by atoms with Crippen molar-refractivity contribution in [1.82, 2.24) is 14.5 Å². The molecule has 2 aromatic rings. The highest BCUT2D eigenvalue weighted by Gasteiger charge is 2.53. The second-order valence-electron chi connectivity index (χ2n) is 8.42. The van der Waals surface area contributed by atoms with Crippen LogP contribution in [0.4, 0.5) is 0 Å². The highest BCUT2D eigenvalue weighted by Crippen LogP contribution is 2.50. The predicted molar refractivity (Wildman–Crippen MR) is 101 cm³/mol. The minimum Gasteiger partial charge on any atom is -0.341 e. The lowest BCUT2D eigenvalue weighted by Crippen LogP contribution is -2.45. The number of likely N-dealkylation sites (tertiary alicyclic amines) is 1. The summed E-state index contributed by atoms with van der Waals surface area (Å²) < 4.78 is 2.35. The number of benzene rings is 1. The van der Waals surface area contributed by atoms with E-state index < -0.39 is 0 Å². The molecule has 26 heavy (non-hydrogen) atoms. The lowest BCUT2D eigenvalue weighted by molar-refractivity contribution is -0.135. The van der Waals surface area contributed by atoms with Crippen molar-refractivity contribution in [2.24, 2.45) is 5.92 Å². The van der Waals surface area contributed by atoms with E-state index in [2.05, 4.69) is 44.9 Å². The largest absolute Gasteiger partial charge is 0.341 e. The molecule has 1 aromatic heterocycles. The van der Waals surface area contributed by atoms with Gasteiger partial charge in [0, 0.05) is 37.9 Å². The van der Waals surface area contributed by atoms with Crippen LogP contribution in [0.3, 0.4) is 0 Å². The molecular formula is C22H27N3O. The van der Waals surface area contributed by atoms with Gasteiger partial charge in [0.05, 0.1) is 5.41 Å². The smallest absolute Gasteiger partial charge is 0.233 e. The Labute approximate surface area is 155 Å². The van der Waals surface area contributed by atoms with E-state index >= 15 is 0 Å². The Morgan fingerprint density at radius 3 is 2.69 bits per heavy atom. The highest BCUT2D eigenvalue weighted by molar-refractivity contribution is 5.91. The number of nitrogens with zero attached hydrogens (tertiary/aromatic N) is 3. The lowest BCUT2D eigenvalue weighted by Gasteiger charge is -2.35. The van der Waals surface area contributed by atoms with Crippen LogP contribution >= 0.6 is 0 Å². The van der Waals surface area contributed by atoms with Crippen LogP contribution in [0.25, 0.3) is 0 Å². The summed E-state index contributed by atoms with van der Waals surface area (Å²) in [6, 6.07) is 10.4. The number of hydrogen-bond donors (Lipinski definition) is 0. The molecular weight excluding hydrogens is 322 g/mol. The van der Waals surface area contributed by atoms with Gasteiger partial charge in [-0.1, -0.05) is 30.3 Å². The van der Waals surface area contributed by atoms with Crippen molar-refractivity contribution in [2.75, 3.05) is 13.1 Å². The van der Waals surface area contributed by atoms with Gasteiger partial charge in [0.15, 0.2) is 0 Å². The van der Waals surface area contributed by atoms with E-state index in [1.807, 2.05) is 12.3 Å². The molecule has 1 aromatic carbocycles. The quantitative estimate of drug-likeness (QED) is 0.825. The number of amides is 1. The van der Waals surface area contributed by atoms with Gasteiger partial charge >= 0.3 is 0 Å². The number of hydrogen-bond acceptors (Lipinski definition) is 2. The third-order valence-corrected chi connectivity index (χ3v) is 6.46. The molecule has 3 fully saturated rings. The summed E-state index contributed by atoms with van der Waals surface area (Å²) in [6.45, 7) is 2.83. The number of rotatable bonds is 5. The molecule has 0 spiro atoms. The Balaban J connectivity index is 1.33. The van der Waals surface area contributed by atoms with Crippen molar-refractivity contribution in [3.05, 3.63) is 54.1 Å². The molecule has 2 heterocycles. The van der Waals surface area contributed by atoms with E-state index in [4.69, 9.17) is 0 Å². The summed E-state index contributed by atoms with van der Waals surface area (Å²) >= 11 is 0. The van der Waals surface area contributed by atoms with Crippen LogP contribution in [0.2, 0.25) is 0 Å². The van der Waals surface area contributed by atoms with Gasteiger partial charge in [-0.15, -0.1) is 0 Å². The molecule has 136 valence electrons. The molecule has 2 aliphatic carbocycles. The average Bonchev–Trinajstić information content (AvgIpc) is 3.61. The first-order valence-corrected chi connectivity index (χ1v) is 10.1. The third kappa shape index (κ3) is 2.85. The first kappa shape index (κ1) is 16.1. The van der Waals surface area contributed by atoms with Gasteiger partial charge in [0.2, 0.25) is 5.91 Å². The second-order valence-corrected chi connectivity index (χ2v) is 8.42.